The van der Waals surface area contributed by atoms with E-state index in [1.54, 1.807) is 48.5 Å². The minimum atomic E-state index is -0.431. The lowest BCUT2D eigenvalue weighted by molar-refractivity contribution is -0.134. The third-order valence-electron chi connectivity index (χ3n) is 4.97. The van der Waals surface area contributed by atoms with Crippen molar-refractivity contribution in [3.05, 3.63) is 77.1 Å². The van der Waals surface area contributed by atoms with Crippen molar-refractivity contribution in [3.63, 3.8) is 0 Å². The summed E-state index contributed by atoms with van der Waals surface area (Å²) in [5.74, 6) is -0.173. The van der Waals surface area contributed by atoms with Gasteiger partial charge in [-0.1, -0.05) is 12.1 Å². The maximum atomic E-state index is 12.3. The Kier molecular flexibility index (Phi) is 5.93. The summed E-state index contributed by atoms with van der Waals surface area (Å²) >= 11 is 0. The predicted molar refractivity (Wildman–Crippen MR) is 118 cm³/mol. The van der Waals surface area contributed by atoms with Gasteiger partial charge in [0, 0.05) is 30.0 Å². The number of carbonyl (C=O) groups is 3. The molecule has 8 nitrogen and oxygen atoms in total. The lowest BCUT2D eigenvalue weighted by atomic mass is 10.1. The number of hydrogen-bond donors (Lipinski definition) is 1. The number of carbonyl (C=O) groups excluding carboxylic acids is 3. The lowest BCUT2D eigenvalue weighted by Gasteiger charge is -2.13. The highest BCUT2D eigenvalue weighted by Crippen LogP contribution is 2.23. The van der Waals surface area contributed by atoms with Gasteiger partial charge in [0.2, 0.25) is 5.95 Å². The number of imide groups is 1. The van der Waals surface area contributed by atoms with Gasteiger partial charge in [-0.3, -0.25) is 19.3 Å². The Labute approximate surface area is 185 Å². The van der Waals surface area contributed by atoms with E-state index in [9.17, 15) is 14.4 Å². The Morgan fingerprint density at radius 2 is 1.53 bits per heavy atom. The zero-order chi connectivity index (χ0) is 22.7. The monoisotopic (exact) mass is 430 g/mol. The van der Waals surface area contributed by atoms with Crippen molar-refractivity contribution in [2.24, 2.45) is 0 Å². The van der Waals surface area contributed by atoms with Gasteiger partial charge in [0.05, 0.1) is 11.1 Å². The first kappa shape index (κ1) is 21.2. The summed E-state index contributed by atoms with van der Waals surface area (Å²) in [5.41, 5.74) is 3.30. The number of aryl methyl sites for hydroxylation is 2. The molecule has 2 amide bonds. The number of esters is 1. The maximum Gasteiger partial charge on any atom is 0.311 e. The molecule has 1 aliphatic rings. The number of anilines is 2. The fraction of sp³-hybridized carbons (Fsp3) is 0.208. The van der Waals surface area contributed by atoms with E-state index in [-0.39, 0.29) is 24.8 Å². The third-order valence-corrected chi connectivity index (χ3v) is 4.97. The van der Waals surface area contributed by atoms with Crippen LogP contribution in [0.5, 0.6) is 5.75 Å². The standard InChI is InChI=1S/C24H22N4O4/c1-15-14-16(2)26-24(25-15)27-17-9-11-18(12-10-17)32-21(29)8-5-13-28-22(30)19-6-3-4-7-20(19)23(28)31/h3-4,6-7,9-12,14H,5,8,13H2,1-2H3,(H,25,26,27). The zero-order valence-electron chi connectivity index (χ0n) is 17.8. The van der Waals surface area contributed by atoms with Crippen LogP contribution in [-0.4, -0.2) is 39.2 Å². The summed E-state index contributed by atoms with van der Waals surface area (Å²) in [6.07, 6.45) is 0.414. The normalized spacial score (nSPS) is 12.6. The molecule has 0 unspecified atom stereocenters. The zero-order valence-corrected chi connectivity index (χ0v) is 17.8. The molecule has 0 atom stereocenters. The van der Waals surface area contributed by atoms with Crippen molar-refractivity contribution in [1.82, 2.24) is 14.9 Å². The second kappa shape index (κ2) is 8.97. The Hall–Kier alpha value is -4.07. The van der Waals surface area contributed by atoms with E-state index < -0.39 is 5.97 Å². The number of aromatic nitrogens is 2. The molecule has 8 heteroatoms. The minimum absolute atomic E-state index is 0.0871. The average molecular weight is 430 g/mol. The van der Waals surface area contributed by atoms with E-state index in [0.29, 0.717) is 29.2 Å². The van der Waals surface area contributed by atoms with Crippen molar-refractivity contribution in [2.75, 3.05) is 11.9 Å². The van der Waals surface area contributed by atoms with Gasteiger partial charge in [-0.15, -0.1) is 0 Å². The lowest BCUT2D eigenvalue weighted by Crippen LogP contribution is -2.31. The van der Waals surface area contributed by atoms with Gasteiger partial charge in [-0.25, -0.2) is 9.97 Å². The first-order valence-corrected chi connectivity index (χ1v) is 10.3. The minimum Gasteiger partial charge on any atom is -0.427 e. The van der Waals surface area contributed by atoms with E-state index in [1.807, 2.05) is 19.9 Å². The van der Waals surface area contributed by atoms with Crippen molar-refractivity contribution in [1.29, 1.82) is 0 Å². The molecule has 0 spiro atoms. The van der Waals surface area contributed by atoms with Gasteiger partial charge in [0.1, 0.15) is 5.75 Å². The van der Waals surface area contributed by atoms with E-state index in [0.717, 1.165) is 17.1 Å². The van der Waals surface area contributed by atoms with Crippen LogP contribution >= 0.6 is 0 Å². The Morgan fingerprint density at radius 1 is 0.938 bits per heavy atom. The highest BCUT2D eigenvalue weighted by Gasteiger charge is 2.34. The molecule has 0 saturated heterocycles. The number of nitrogens with one attached hydrogen (secondary N) is 1. The highest BCUT2D eigenvalue weighted by molar-refractivity contribution is 6.21. The second-order valence-corrected chi connectivity index (χ2v) is 7.51. The first-order chi connectivity index (χ1) is 15.4. The van der Waals surface area contributed by atoms with Gasteiger partial charge in [-0.2, -0.15) is 0 Å². The Morgan fingerprint density at radius 3 is 2.12 bits per heavy atom. The van der Waals surface area contributed by atoms with Crippen molar-refractivity contribution in [3.8, 4) is 5.75 Å². The molecule has 3 aromatic rings. The van der Waals surface area contributed by atoms with E-state index >= 15 is 0 Å². The largest absolute Gasteiger partial charge is 0.427 e. The van der Waals surface area contributed by atoms with Gasteiger partial charge in [-0.05, 0) is 62.7 Å². The third kappa shape index (κ3) is 4.64. The maximum absolute atomic E-state index is 12.3. The molecule has 4 rings (SSSR count). The van der Waals surface area contributed by atoms with Crippen LogP contribution in [0, 0.1) is 13.8 Å². The molecule has 0 fully saturated rings. The van der Waals surface area contributed by atoms with Crippen LogP contribution in [-0.2, 0) is 4.79 Å². The van der Waals surface area contributed by atoms with Gasteiger partial charge in [0.15, 0.2) is 0 Å². The molecule has 2 aromatic carbocycles. The number of nitrogens with zero attached hydrogens (tertiary/aromatic N) is 3. The van der Waals surface area contributed by atoms with E-state index in [2.05, 4.69) is 15.3 Å². The number of fused-ring (bicyclic) bond motifs is 1. The fourth-order valence-corrected chi connectivity index (χ4v) is 3.52. The van der Waals surface area contributed by atoms with Crippen LogP contribution in [0.1, 0.15) is 44.9 Å². The van der Waals surface area contributed by atoms with E-state index in [4.69, 9.17) is 4.74 Å². The van der Waals surface area contributed by atoms with Gasteiger partial charge < -0.3 is 10.1 Å². The van der Waals surface area contributed by atoms with Crippen LogP contribution in [0.15, 0.2) is 54.6 Å². The molecule has 162 valence electrons. The highest BCUT2D eigenvalue weighted by atomic mass is 16.5. The predicted octanol–water partition coefficient (Wildman–Crippen LogP) is 3.82. The molecule has 2 heterocycles. The topological polar surface area (TPSA) is 101 Å². The van der Waals surface area contributed by atoms with E-state index in [1.165, 1.54) is 4.90 Å². The second-order valence-electron chi connectivity index (χ2n) is 7.51. The van der Waals surface area contributed by atoms with Crippen molar-refractivity contribution < 1.29 is 19.1 Å². The molecule has 0 aliphatic carbocycles. The summed E-state index contributed by atoms with van der Waals surface area (Å²) in [7, 11) is 0. The van der Waals surface area contributed by atoms with Crippen LogP contribution in [0.25, 0.3) is 0 Å². The number of rotatable bonds is 7. The van der Waals surface area contributed by atoms with Crippen LogP contribution in [0.3, 0.4) is 0 Å². The number of hydrogen-bond acceptors (Lipinski definition) is 7. The summed E-state index contributed by atoms with van der Waals surface area (Å²) in [4.78, 5) is 46.7. The molecule has 1 N–H and O–H groups in total. The van der Waals surface area contributed by atoms with Crippen LogP contribution in [0.2, 0.25) is 0 Å². The van der Waals surface area contributed by atoms with Crippen molar-refractivity contribution in [2.45, 2.75) is 26.7 Å². The Balaban J connectivity index is 1.27. The smallest absolute Gasteiger partial charge is 0.311 e. The van der Waals surface area contributed by atoms with Crippen LogP contribution in [0.4, 0.5) is 11.6 Å². The SMILES string of the molecule is Cc1cc(C)nc(Nc2ccc(OC(=O)CCCN3C(=O)c4ccccc4C3=O)cc2)n1. The summed E-state index contributed by atoms with van der Waals surface area (Å²) in [6, 6.07) is 15.5. The molecule has 1 aliphatic heterocycles. The Bertz CT molecular complexity index is 1140. The molecule has 32 heavy (non-hydrogen) atoms. The van der Waals surface area contributed by atoms with Gasteiger partial charge >= 0.3 is 5.97 Å². The van der Waals surface area contributed by atoms with Crippen LogP contribution < -0.4 is 10.1 Å². The quantitative estimate of drug-likeness (QED) is 0.345. The number of ether oxygens (including phenoxy) is 1. The molecule has 0 bridgehead atoms. The average Bonchev–Trinajstić information content (AvgIpc) is 2.99. The molecular formula is C24H22N4O4. The molecule has 0 radical (unpaired) electrons. The number of amides is 2. The van der Waals surface area contributed by atoms with Gasteiger partial charge in [0.25, 0.3) is 11.8 Å². The summed E-state index contributed by atoms with van der Waals surface area (Å²) in [6.45, 7) is 3.97. The molecule has 1 aromatic heterocycles. The number of benzene rings is 2. The van der Waals surface area contributed by atoms with Crippen molar-refractivity contribution >= 4 is 29.4 Å². The fourth-order valence-electron chi connectivity index (χ4n) is 3.52. The summed E-state index contributed by atoms with van der Waals surface area (Å²) in [5, 5.41) is 3.12. The first-order valence-electron chi connectivity index (χ1n) is 10.3. The summed E-state index contributed by atoms with van der Waals surface area (Å²) < 4.78 is 5.35. The molecule has 0 saturated carbocycles. The molecular weight excluding hydrogens is 408 g/mol.